The van der Waals surface area contributed by atoms with Gasteiger partial charge in [-0.15, -0.1) is 0 Å². The summed E-state index contributed by atoms with van der Waals surface area (Å²) < 4.78 is 30.9. The van der Waals surface area contributed by atoms with Crippen molar-refractivity contribution in [2.24, 2.45) is 15.9 Å². The number of hydrogen-bond acceptors (Lipinski definition) is 5. The molecule has 0 saturated heterocycles. The normalized spacial score (nSPS) is 12.2. The summed E-state index contributed by atoms with van der Waals surface area (Å²) in [6, 6.07) is 3.87. The van der Waals surface area contributed by atoms with Crippen LogP contribution in [-0.4, -0.2) is 25.5 Å². The second-order valence-corrected chi connectivity index (χ2v) is 4.85. The second-order valence-electron chi connectivity index (χ2n) is 3.43. The van der Waals surface area contributed by atoms with Crippen LogP contribution in [-0.2, 0) is 21.6 Å². The van der Waals surface area contributed by atoms with Crippen LogP contribution in [0, 0.1) is 0 Å². The van der Waals surface area contributed by atoms with E-state index in [1.165, 1.54) is 18.2 Å². The molecule has 3 N–H and O–H groups in total. The van der Waals surface area contributed by atoms with Gasteiger partial charge >= 0.3 is 0 Å². The van der Waals surface area contributed by atoms with Crippen LogP contribution in [0.3, 0.4) is 0 Å². The highest BCUT2D eigenvalue weighted by molar-refractivity contribution is 7.85. The SMILES string of the molecule is C=Nc1ccc(S(=O)(=O)O)cc1CON=C(C)N. The fourth-order valence-electron chi connectivity index (χ4n) is 1.20. The summed E-state index contributed by atoms with van der Waals surface area (Å²) in [6.45, 7) is 4.86. The molecule has 0 bridgehead atoms. The molecule has 98 valence electrons. The first-order valence-corrected chi connectivity index (χ1v) is 6.28. The average molecular weight is 271 g/mol. The zero-order chi connectivity index (χ0) is 13.8. The highest BCUT2D eigenvalue weighted by atomic mass is 32.2. The van der Waals surface area contributed by atoms with Gasteiger partial charge in [0.1, 0.15) is 12.4 Å². The van der Waals surface area contributed by atoms with Crippen LogP contribution in [0.2, 0.25) is 0 Å². The molecule has 0 amide bonds. The van der Waals surface area contributed by atoms with Gasteiger partial charge in [0.05, 0.1) is 10.6 Å². The Balaban J connectivity index is 3.07. The lowest BCUT2D eigenvalue weighted by atomic mass is 10.2. The molecule has 0 unspecified atom stereocenters. The Kier molecular flexibility index (Phi) is 4.40. The van der Waals surface area contributed by atoms with Crippen molar-refractivity contribution in [1.82, 2.24) is 0 Å². The van der Waals surface area contributed by atoms with Gasteiger partial charge < -0.3 is 10.6 Å². The van der Waals surface area contributed by atoms with Gasteiger partial charge in [-0.05, 0) is 31.8 Å². The third kappa shape index (κ3) is 3.82. The lowest BCUT2D eigenvalue weighted by molar-refractivity contribution is 0.130. The minimum atomic E-state index is -4.27. The summed E-state index contributed by atoms with van der Waals surface area (Å²) in [5.41, 5.74) is 6.14. The molecule has 0 aromatic heterocycles. The number of benzene rings is 1. The predicted molar refractivity (Wildman–Crippen MR) is 67.6 cm³/mol. The molecule has 0 fully saturated rings. The number of amidine groups is 1. The number of nitrogens with two attached hydrogens (primary N) is 1. The minimum absolute atomic E-state index is 0.0355. The van der Waals surface area contributed by atoms with E-state index in [0.717, 1.165) is 0 Å². The Bertz CT molecular complexity index is 577. The van der Waals surface area contributed by atoms with E-state index < -0.39 is 10.1 Å². The highest BCUT2D eigenvalue weighted by Gasteiger charge is 2.12. The molecule has 0 heterocycles. The molecule has 0 aliphatic carbocycles. The van der Waals surface area contributed by atoms with E-state index in [2.05, 4.69) is 16.9 Å². The van der Waals surface area contributed by atoms with E-state index in [0.29, 0.717) is 11.3 Å². The number of nitrogens with zero attached hydrogens (tertiary/aromatic N) is 2. The van der Waals surface area contributed by atoms with Crippen molar-refractivity contribution in [2.75, 3.05) is 0 Å². The first-order valence-electron chi connectivity index (χ1n) is 4.83. The van der Waals surface area contributed by atoms with E-state index in [1.807, 2.05) is 0 Å². The standard InChI is InChI=1S/C10H13N3O4S/c1-7(11)13-17-6-8-5-9(18(14,15)16)3-4-10(8)12-2/h3-5H,2,6H2,1H3,(H2,11,13)(H,14,15,16). The fraction of sp³-hybridized carbons (Fsp3) is 0.200. The molecule has 1 aromatic rings. The maximum Gasteiger partial charge on any atom is 0.294 e. The fourth-order valence-corrected chi connectivity index (χ4v) is 1.73. The average Bonchev–Trinajstić information content (AvgIpc) is 2.27. The molecule has 1 aromatic carbocycles. The van der Waals surface area contributed by atoms with Gasteiger partial charge in [0.15, 0.2) is 0 Å². The monoisotopic (exact) mass is 271 g/mol. The maximum atomic E-state index is 11.0. The summed E-state index contributed by atoms with van der Waals surface area (Å²) in [4.78, 5) is 8.35. The van der Waals surface area contributed by atoms with Crippen molar-refractivity contribution in [3.05, 3.63) is 23.8 Å². The molecule has 7 nitrogen and oxygen atoms in total. The van der Waals surface area contributed by atoms with Crippen LogP contribution >= 0.6 is 0 Å². The van der Waals surface area contributed by atoms with E-state index in [4.69, 9.17) is 15.1 Å². The van der Waals surface area contributed by atoms with Gasteiger partial charge in [-0.25, -0.2) is 0 Å². The zero-order valence-electron chi connectivity index (χ0n) is 9.70. The van der Waals surface area contributed by atoms with Gasteiger partial charge in [-0.1, -0.05) is 5.16 Å². The van der Waals surface area contributed by atoms with E-state index in [1.54, 1.807) is 6.92 Å². The third-order valence-electron chi connectivity index (χ3n) is 1.95. The van der Waals surface area contributed by atoms with Crippen molar-refractivity contribution >= 4 is 28.4 Å². The summed E-state index contributed by atoms with van der Waals surface area (Å²) >= 11 is 0. The molecule has 0 atom stereocenters. The summed E-state index contributed by atoms with van der Waals surface area (Å²) in [7, 11) is -4.27. The first kappa shape index (κ1) is 14.1. The minimum Gasteiger partial charge on any atom is -0.389 e. The van der Waals surface area contributed by atoms with Crippen LogP contribution < -0.4 is 5.73 Å². The first-order chi connectivity index (χ1) is 8.34. The number of aliphatic imine (C=N–C) groups is 1. The van der Waals surface area contributed by atoms with Crippen LogP contribution in [0.4, 0.5) is 5.69 Å². The summed E-state index contributed by atoms with van der Waals surface area (Å²) in [6.07, 6.45) is 0. The van der Waals surface area contributed by atoms with Crippen LogP contribution in [0.25, 0.3) is 0 Å². The molecular formula is C10H13N3O4S. The Hall–Kier alpha value is -1.93. The lowest BCUT2D eigenvalue weighted by Gasteiger charge is -2.06. The second kappa shape index (κ2) is 5.61. The van der Waals surface area contributed by atoms with Gasteiger partial charge in [-0.3, -0.25) is 9.55 Å². The van der Waals surface area contributed by atoms with Gasteiger partial charge in [0, 0.05) is 5.56 Å². The van der Waals surface area contributed by atoms with Crippen LogP contribution in [0.15, 0.2) is 33.2 Å². The quantitative estimate of drug-likeness (QED) is 0.360. The summed E-state index contributed by atoms with van der Waals surface area (Å²) in [5, 5.41) is 3.51. The lowest BCUT2D eigenvalue weighted by Crippen LogP contribution is -2.06. The maximum absolute atomic E-state index is 11.0. The Labute approximate surface area is 105 Å². The molecule has 0 spiro atoms. The topological polar surface area (TPSA) is 114 Å². The highest BCUT2D eigenvalue weighted by Crippen LogP contribution is 2.23. The van der Waals surface area contributed by atoms with E-state index in [-0.39, 0.29) is 17.3 Å². The van der Waals surface area contributed by atoms with Gasteiger partial charge in [-0.2, -0.15) is 8.42 Å². The molecule has 0 aliphatic heterocycles. The largest absolute Gasteiger partial charge is 0.389 e. The molecule has 18 heavy (non-hydrogen) atoms. The van der Waals surface area contributed by atoms with Crippen molar-refractivity contribution in [1.29, 1.82) is 0 Å². The zero-order valence-corrected chi connectivity index (χ0v) is 10.5. The number of oxime groups is 1. The Morgan fingerprint density at radius 3 is 2.72 bits per heavy atom. The smallest absolute Gasteiger partial charge is 0.294 e. The van der Waals surface area contributed by atoms with Crippen LogP contribution in [0.1, 0.15) is 12.5 Å². The van der Waals surface area contributed by atoms with E-state index >= 15 is 0 Å². The van der Waals surface area contributed by atoms with Crippen LogP contribution in [0.5, 0.6) is 0 Å². The number of rotatable bonds is 5. The van der Waals surface area contributed by atoms with E-state index in [9.17, 15) is 8.42 Å². The van der Waals surface area contributed by atoms with Gasteiger partial charge in [0.25, 0.3) is 10.1 Å². The molecule has 1 rings (SSSR count). The molecule has 0 radical (unpaired) electrons. The Morgan fingerprint density at radius 2 is 2.22 bits per heavy atom. The molecule has 8 heteroatoms. The Morgan fingerprint density at radius 1 is 1.56 bits per heavy atom. The van der Waals surface area contributed by atoms with Crippen molar-refractivity contribution in [3.63, 3.8) is 0 Å². The van der Waals surface area contributed by atoms with Crippen molar-refractivity contribution in [3.8, 4) is 0 Å². The molecule has 0 saturated carbocycles. The van der Waals surface area contributed by atoms with Gasteiger partial charge in [0.2, 0.25) is 0 Å². The van der Waals surface area contributed by atoms with Crippen molar-refractivity contribution < 1.29 is 17.8 Å². The number of hydrogen-bond donors (Lipinski definition) is 2. The third-order valence-corrected chi connectivity index (χ3v) is 2.80. The molecular weight excluding hydrogens is 258 g/mol. The predicted octanol–water partition coefficient (Wildman–Crippen LogP) is 1.07. The molecule has 0 aliphatic rings. The van der Waals surface area contributed by atoms with Crippen molar-refractivity contribution in [2.45, 2.75) is 18.4 Å². The summed E-state index contributed by atoms with van der Waals surface area (Å²) in [5.74, 6) is 0.231.